The Labute approximate surface area is 120 Å². The van der Waals surface area contributed by atoms with Crippen LogP contribution in [0.2, 0.25) is 0 Å². The lowest BCUT2D eigenvalue weighted by atomic mass is 10.2. The van der Waals surface area contributed by atoms with Crippen molar-refractivity contribution in [3.63, 3.8) is 0 Å². The Balaban J connectivity index is 2.01. The predicted octanol–water partition coefficient (Wildman–Crippen LogP) is 3.51. The minimum atomic E-state index is 0.642. The van der Waals surface area contributed by atoms with Gasteiger partial charge in [0, 0.05) is 28.6 Å². The number of hydrogen-bond acceptors (Lipinski definition) is 4. The van der Waals surface area contributed by atoms with Gasteiger partial charge in [-0.1, -0.05) is 35.0 Å². The summed E-state index contributed by atoms with van der Waals surface area (Å²) in [5, 5.41) is 0.642. The monoisotopic (exact) mass is 325 g/mol. The van der Waals surface area contributed by atoms with E-state index in [-0.39, 0.29) is 0 Å². The lowest BCUT2D eigenvalue weighted by molar-refractivity contribution is 0.273. The molecular formula is C13H16BrN3S. The maximum absolute atomic E-state index is 5.65. The summed E-state index contributed by atoms with van der Waals surface area (Å²) >= 11 is 5.06. The van der Waals surface area contributed by atoms with Crippen molar-refractivity contribution in [1.82, 2.24) is 9.88 Å². The van der Waals surface area contributed by atoms with Crippen molar-refractivity contribution in [2.24, 2.45) is 0 Å². The molecule has 1 aromatic heterocycles. The smallest absolute Gasteiger partial charge is 0.180 e. The van der Waals surface area contributed by atoms with Gasteiger partial charge < -0.3 is 5.73 Å². The topological polar surface area (TPSA) is 42.2 Å². The van der Waals surface area contributed by atoms with Crippen molar-refractivity contribution < 1.29 is 0 Å². The summed E-state index contributed by atoms with van der Waals surface area (Å²) in [6.45, 7) is 5.01. The summed E-state index contributed by atoms with van der Waals surface area (Å²) in [7, 11) is 0. The van der Waals surface area contributed by atoms with Crippen LogP contribution in [-0.4, -0.2) is 16.4 Å². The third kappa shape index (κ3) is 3.80. The van der Waals surface area contributed by atoms with E-state index in [1.54, 1.807) is 11.3 Å². The minimum absolute atomic E-state index is 0.642. The summed E-state index contributed by atoms with van der Waals surface area (Å²) in [5.74, 6) is 0. The number of nitrogens with zero attached hydrogens (tertiary/aromatic N) is 2. The summed E-state index contributed by atoms with van der Waals surface area (Å²) in [5.41, 5.74) is 6.96. The Morgan fingerprint density at radius 3 is 2.83 bits per heavy atom. The number of halogens is 1. The third-order valence-corrected chi connectivity index (χ3v) is 4.00. The number of hydrogen-bond donors (Lipinski definition) is 1. The number of nitrogen functional groups attached to an aromatic ring is 1. The van der Waals surface area contributed by atoms with Crippen LogP contribution in [0.15, 0.2) is 34.9 Å². The average Bonchev–Trinajstić information content (AvgIpc) is 2.74. The first-order valence-corrected chi connectivity index (χ1v) is 7.45. The first kappa shape index (κ1) is 13.5. The Hall–Kier alpha value is -0.910. The largest absolute Gasteiger partial charge is 0.375 e. The molecule has 0 fully saturated rings. The molecular weight excluding hydrogens is 310 g/mol. The van der Waals surface area contributed by atoms with E-state index in [0.29, 0.717) is 5.13 Å². The van der Waals surface area contributed by atoms with Gasteiger partial charge in [-0.05, 0) is 24.2 Å². The molecule has 5 heteroatoms. The second-order valence-electron chi connectivity index (χ2n) is 4.10. The minimum Gasteiger partial charge on any atom is -0.375 e. The Morgan fingerprint density at radius 1 is 1.39 bits per heavy atom. The van der Waals surface area contributed by atoms with Gasteiger partial charge >= 0.3 is 0 Å². The van der Waals surface area contributed by atoms with Crippen molar-refractivity contribution in [1.29, 1.82) is 0 Å². The number of nitrogens with two attached hydrogens (primary N) is 1. The lowest BCUT2D eigenvalue weighted by Gasteiger charge is -2.19. The molecule has 3 nitrogen and oxygen atoms in total. The zero-order valence-electron chi connectivity index (χ0n) is 10.3. The van der Waals surface area contributed by atoms with Crippen LogP contribution in [0.4, 0.5) is 5.13 Å². The molecule has 1 heterocycles. The van der Waals surface area contributed by atoms with Gasteiger partial charge in [0.1, 0.15) is 0 Å². The lowest BCUT2D eigenvalue weighted by Crippen LogP contribution is -2.21. The molecule has 2 rings (SSSR count). The molecule has 0 saturated carbocycles. The molecule has 0 radical (unpaired) electrons. The molecule has 0 saturated heterocycles. The molecule has 0 unspecified atom stereocenters. The quantitative estimate of drug-likeness (QED) is 0.914. The molecule has 2 N–H and O–H groups in total. The van der Waals surface area contributed by atoms with Crippen LogP contribution in [0.1, 0.15) is 17.4 Å². The molecule has 96 valence electrons. The zero-order valence-corrected chi connectivity index (χ0v) is 12.7. The number of anilines is 1. The van der Waals surface area contributed by atoms with Gasteiger partial charge in [0.25, 0.3) is 0 Å². The van der Waals surface area contributed by atoms with Crippen molar-refractivity contribution in [3.05, 3.63) is 45.4 Å². The van der Waals surface area contributed by atoms with Crippen LogP contribution in [0.25, 0.3) is 0 Å². The second kappa shape index (κ2) is 6.31. The standard InChI is InChI=1S/C13H16BrN3S/c1-2-17(9-12-7-16-13(15)18-12)8-10-4-3-5-11(14)6-10/h3-7H,2,8-9H2,1H3,(H2,15,16). The summed E-state index contributed by atoms with van der Waals surface area (Å²) in [4.78, 5) is 7.67. The van der Waals surface area contributed by atoms with Crippen LogP contribution < -0.4 is 5.73 Å². The molecule has 0 amide bonds. The third-order valence-electron chi connectivity index (χ3n) is 2.69. The van der Waals surface area contributed by atoms with Gasteiger partial charge in [0.15, 0.2) is 5.13 Å². The van der Waals surface area contributed by atoms with Crippen molar-refractivity contribution in [2.45, 2.75) is 20.0 Å². The van der Waals surface area contributed by atoms with E-state index in [1.165, 1.54) is 10.4 Å². The fourth-order valence-electron chi connectivity index (χ4n) is 1.79. The fourth-order valence-corrected chi connectivity index (χ4v) is 2.96. The first-order chi connectivity index (χ1) is 8.67. The van der Waals surface area contributed by atoms with Crippen LogP contribution in [0.5, 0.6) is 0 Å². The normalized spacial score (nSPS) is 11.1. The van der Waals surface area contributed by atoms with Gasteiger partial charge in [0.05, 0.1) is 0 Å². The van der Waals surface area contributed by atoms with Gasteiger partial charge in [-0.2, -0.15) is 0 Å². The van der Waals surface area contributed by atoms with Gasteiger partial charge in [-0.25, -0.2) is 4.98 Å². The summed E-state index contributed by atoms with van der Waals surface area (Å²) < 4.78 is 1.12. The van der Waals surface area contributed by atoms with E-state index < -0.39 is 0 Å². The molecule has 2 aromatic rings. The van der Waals surface area contributed by atoms with E-state index in [9.17, 15) is 0 Å². The highest BCUT2D eigenvalue weighted by molar-refractivity contribution is 9.10. The van der Waals surface area contributed by atoms with E-state index >= 15 is 0 Å². The summed E-state index contributed by atoms with van der Waals surface area (Å²) in [6, 6.07) is 8.42. The average molecular weight is 326 g/mol. The highest BCUT2D eigenvalue weighted by Gasteiger charge is 2.07. The molecule has 0 aliphatic rings. The van der Waals surface area contributed by atoms with Crippen molar-refractivity contribution >= 4 is 32.4 Å². The van der Waals surface area contributed by atoms with Crippen molar-refractivity contribution in [3.8, 4) is 0 Å². The number of aromatic nitrogens is 1. The second-order valence-corrected chi connectivity index (χ2v) is 6.16. The first-order valence-electron chi connectivity index (χ1n) is 5.84. The van der Waals surface area contributed by atoms with E-state index in [0.717, 1.165) is 24.1 Å². The zero-order chi connectivity index (χ0) is 13.0. The highest BCUT2D eigenvalue weighted by Crippen LogP contribution is 2.19. The predicted molar refractivity (Wildman–Crippen MR) is 80.5 cm³/mol. The van der Waals surface area contributed by atoms with Gasteiger partial charge in [0.2, 0.25) is 0 Å². The van der Waals surface area contributed by atoms with E-state index in [2.05, 4.69) is 50.9 Å². The molecule has 0 spiro atoms. The molecule has 18 heavy (non-hydrogen) atoms. The molecule has 0 aliphatic heterocycles. The Kier molecular flexibility index (Phi) is 4.74. The maximum Gasteiger partial charge on any atom is 0.180 e. The maximum atomic E-state index is 5.65. The van der Waals surface area contributed by atoms with Crippen LogP contribution >= 0.6 is 27.3 Å². The van der Waals surface area contributed by atoms with E-state index in [1.807, 2.05) is 12.3 Å². The van der Waals surface area contributed by atoms with Gasteiger partial charge in [-0.15, -0.1) is 11.3 Å². The van der Waals surface area contributed by atoms with Crippen LogP contribution in [-0.2, 0) is 13.1 Å². The molecule has 1 aromatic carbocycles. The number of benzene rings is 1. The fraction of sp³-hybridized carbons (Fsp3) is 0.308. The SMILES string of the molecule is CCN(Cc1cccc(Br)c1)Cc1cnc(N)s1. The number of rotatable bonds is 5. The molecule has 0 atom stereocenters. The van der Waals surface area contributed by atoms with Gasteiger partial charge in [-0.3, -0.25) is 4.90 Å². The van der Waals surface area contributed by atoms with Crippen LogP contribution in [0, 0.1) is 0 Å². The van der Waals surface area contributed by atoms with Crippen LogP contribution in [0.3, 0.4) is 0 Å². The van der Waals surface area contributed by atoms with Crippen molar-refractivity contribution in [2.75, 3.05) is 12.3 Å². The Bertz CT molecular complexity index is 512. The Morgan fingerprint density at radius 2 is 2.22 bits per heavy atom. The highest BCUT2D eigenvalue weighted by atomic mass is 79.9. The molecule has 0 bridgehead atoms. The number of thiazole rings is 1. The summed E-state index contributed by atoms with van der Waals surface area (Å²) in [6.07, 6.45) is 1.86. The molecule has 0 aliphatic carbocycles. The van der Waals surface area contributed by atoms with E-state index in [4.69, 9.17) is 5.73 Å².